The molecule has 0 aliphatic heterocycles. The molecule has 0 radical (unpaired) electrons. The summed E-state index contributed by atoms with van der Waals surface area (Å²) in [6, 6.07) is 0. The number of rotatable bonds is 11. The Morgan fingerprint density at radius 3 is 0.875 bits per heavy atom. The van der Waals surface area contributed by atoms with Crippen LogP contribution in [0.25, 0.3) is 0 Å². The van der Waals surface area contributed by atoms with Gasteiger partial charge in [0.05, 0.1) is 26.2 Å². The molecular formula is C10H18N2Na2O8Zn2. The van der Waals surface area contributed by atoms with Gasteiger partial charge in [-0.2, -0.15) is 0 Å². The molecule has 14 heteroatoms. The van der Waals surface area contributed by atoms with E-state index in [2.05, 4.69) is 0 Å². The first-order chi connectivity index (χ1) is 9.20. The molecule has 0 aliphatic rings. The molecule has 0 atom stereocenters. The average Bonchev–Trinajstić information content (AvgIpc) is 2.22. The third kappa shape index (κ3) is 23.0. The first-order valence-corrected chi connectivity index (χ1v) is 5.52. The van der Waals surface area contributed by atoms with Crippen molar-refractivity contribution in [1.82, 2.24) is 9.80 Å². The number of nitrogens with zero attached hydrogens (tertiary/aromatic N) is 2. The van der Waals surface area contributed by atoms with E-state index in [0.717, 1.165) is 9.80 Å². The Morgan fingerprint density at radius 2 is 0.750 bits per heavy atom. The van der Waals surface area contributed by atoms with E-state index in [0.29, 0.717) is 0 Å². The monoisotopic (exact) mass is 468 g/mol. The second kappa shape index (κ2) is 20.4. The van der Waals surface area contributed by atoms with Gasteiger partial charge in [-0.15, -0.1) is 0 Å². The Labute approximate surface area is 211 Å². The van der Waals surface area contributed by atoms with Crippen LogP contribution in [0.4, 0.5) is 0 Å². The van der Waals surface area contributed by atoms with Crippen molar-refractivity contribution < 1.29 is 141 Å². The minimum Gasteiger partial charge on any atom is -1.00 e. The van der Waals surface area contributed by atoms with E-state index in [9.17, 15) is 19.2 Å². The summed E-state index contributed by atoms with van der Waals surface area (Å²) >= 11 is 0. The molecule has 24 heavy (non-hydrogen) atoms. The Hall–Kier alpha value is 1.05. The molecule has 0 fully saturated rings. The van der Waals surface area contributed by atoms with Crippen LogP contribution in [0.3, 0.4) is 0 Å². The van der Waals surface area contributed by atoms with Crippen LogP contribution in [-0.2, 0) is 58.1 Å². The maximum Gasteiger partial charge on any atom is 1.00 e. The molecule has 0 saturated carbocycles. The van der Waals surface area contributed by atoms with Crippen LogP contribution in [0, 0.1) is 0 Å². The van der Waals surface area contributed by atoms with Gasteiger partial charge in [0.15, 0.2) is 0 Å². The van der Waals surface area contributed by atoms with Crippen molar-refractivity contribution in [2.24, 2.45) is 0 Å². The molecule has 0 spiro atoms. The summed E-state index contributed by atoms with van der Waals surface area (Å²) in [5, 5.41) is 34.5. The summed E-state index contributed by atoms with van der Waals surface area (Å²) in [4.78, 5) is 44.4. The minimum atomic E-state index is -1.23. The van der Waals surface area contributed by atoms with Crippen molar-refractivity contribution in [3.63, 3.8) is 0 Å². The number of hydrogen-bond donors (Lipinski definition) is 4. The van der Waals surface area contributed by atoms with Crippen LogP contribution in [0.5, 0.6) is 0 Å². The molecule has 122 valence electrons. The summed E-state index contributed by atoms with van der Waals surface area (Å²) in [5.41, 5.74) is 0. The predicted octanol–water partition coefficient (Wildman–Crippen LogP) is -7.84. The summed E-state index contributed by atoms with van der Waals surface area (Å²) in [5.74, 6) is -4.91. The quantitative estimate of drug-likeness (QED) is 0.214. The number of aliphatic carboxylic acids is 4. The van der Waals surface area contributed by atoms with Crippen LogP contribution >= 0.6 is 0 Å². The summed E-state index contributed by atoms with van der Waals surface area (Å²) < 4.78 is 0. The molecule has 0 bridgehead atoms. The molecule has 0 aliphatic carbocycles. The third-order valence-electron chi connectivity index (χ3n) is 2.17. The molecular weight excluding hydrogens is 453 g/mol. The topological polar surface area (TPSA) is 156 Å². The van der Waals surface area contributed by atoms with Crippen molar-refractivity contribution in [1.29, 1.82) is 0 Å². The Kier molecular flexibility index (Phi) is 30.6. The fourth-order valence-corrected chi connectivity index (χ4v) is 1.48. The maximum absolute atomic E-state index is 10.6. The van der Waals surface area contributed by atoms with Gasteiger partial charge in [-0.05, 0) is 0 Å². The molecule has 0 unspecified atom stereocenters. The summed E-state index contributed by atoms with van der Waals surface area (Å²) in [6.07, 6.45) is 0. The standard InChI is InChI=1S/C10H16N2O8.2Na.2Zn.2H/c13-7(14)3-11(4-8(15)16)1-2-12(5-9(17)18)6-10(19)20;;;;;;/h1-6H2,(H,13,14)(H,15,16)(H,17,18)(H,19,20);;;;;;/q;2*+1;;;2*-1. The number of hydrogen-bond acceptors (Lipinski definition) is 6. The van der Waals surface area contributed by atoms with Gasteiger partial charge in [-0.3, -0.25) is 29.0 Å². The van der Waals surface area contributed by atoms with Gasteiger partial charge in [-0.25, -0.2) is 0 Å². The zero-order valence-electron chi connectivity index (χ0n) is 16.0. The van der Waals surface area contributed by atoms with E-state index in [4.69, 9.17) is 20.4 Å². The molecule has 0 saturated heterocycles. The second-order valence-electron chi connectivity index (χ2n) is 4.00. The molecule has 0 amide bonds. The van der Waals surface area contributed by atoms with Crippen molar-refractivity contribution in [3.05, 3.63) is 0 Å². The van der Waals surface area contributed by atoms with Crippen molar-refractivity contribution in [2.75, 3.05) is 39.3 Å². The first kappa shape index (κ1) is 36.0. The van der Waals surface area contributed by atoms with Gasteiger partial charge in [0, 0.05) is 52.0 Å². The van der Waals surface area contributed by atoms with E-state index in [1.54, 1.807) is 0 Å². The number of carboxylic acids is 4. The molecule has 0 heterocycles. The predicted molar refractivity (Wildman–Crippen MR) is 65.6 cm³/mol. The SMILES string of the molecule is O=C(O)CN(CCN(CC(=O)O)CC(=O)O)CC(=O)O.[H-].[H-].[Na+].[Na+].[Zn].[Zn]. The molecule has 0 aromatic heterocycles. The van der Waals surface area contributed by atoms with Crippen LogP contribution in [0.15, 0.2) is 0 Å². The Morgan fingerprint density at radius 1 is 0.583 bits per heavy atom. The average molecular weight is 471 g/mol. The molecule has 0 rings (SSSR count). The van der Waals surface area contributed by atoms with E-state index < -0.39 is 50.1 Å². The largest absolute Gasteiger partial charge is 1.00 e. The number of carboxylic acid groups (broad SMARTS) is 4. The van der Waals surface area contributed by atoms with Gasteiger partial charge in [-0.1, -0.05) is 0 Å². The summed E-state index contributed by atoms with van der Waals surface area (Å²) in [7, 11) is 0. The molecule has 4 N–H and O–H groups in total. The van der Waals surface area contributed by atoms with Crippen LogP contribution in [0.1, 0.15) is 2.85 Å². The van der Waals surface area contributed by atoms with Gasteiger partial charge >= 0.3 is 83.0 Å². The molecule has 10 nitrogen and oxygen atoms in total. The van der Waals surface area contributed by atoms with Gasteiger partial charge in [0.1, 0.15) is 0 Å². The zero-order valence-corrected chi connectivity index (χ0v) is 23.9. The normalized spacial score (nSPS) is 8.92. The van der Waals surface area contributed by atoms with Gasteiger partial charge < -0.3 is 23.3 Å². The van der Waals surface area contributed by atoms with E-state index in [1.165, 1.54) is 0 Å². The van der Waals surface area contributed by atoms with Crippen LogP contribution in [-0.4, -0.2) is 93.4 Å². The van der Waals surface area contributed by atoms with Gasteiger partial charge in [0.2, 0.25) is 0 Å². The fourth-order valence-electron chi connectivity index (χ4n) is 1.48. The summed E-state index contributed by atoms with van der Waals surface area (Å²) in [6.45, 7) is -2.25. The molecule has 0 aromatic rings. The molecule has 0 aromatic carbocycles. The number of carbonyl (C=O) groups is 4. The van der Waals surface area contributed by atoms with Gasteiger partial charge in [0.25, 0.3) is 0 Å². The van der Waals surface area contributed by atoms with Crippen LogP contribution in [0.2, 0.25) is 0 Å². The Balaban J connectivity index is -0.000000120. The van der Waals surface area contributed by atoms with Crippen molar-refractivity contribution in [3.8, 4) is 0 Å². The van der Waals surface area contributed by atoms with E-state index in [1.807, 2.05) is 0 Å². The maximum atomic E-state index is 10.6. The smallest absolute Gasteiger partial charge is 1.00 e. The fraction of sp³-hybridized carbons (Fsp3) is 0.600. The Bertz CT molecular complexity index is 345. The third-order valence-corrected chi connectivity index (χ3v) is 2.17. The van der Waals surface area contributed by atoms with Crippen molar-refractivity contribution in [2.45, 2.75) is 0 Å². The zero-order chi connectivity index (χ0) is 15.7. The van der Waals surface area contributed by atoms with Crippen molar-refractivity contribution >= 4 is 23.9 Å². The first-order valence-electron chi connectivity index (χ1n) is 5.52. The van der Waals surface area contributed by atoms with Crippen LogP contribution < -0.4 is 59.1 Å². The van der Waals surface area contributed by atoms with E-state index >= 15 is 0 Å². The second-order valence-corrected chi connectivity index (χ2v) is 4.00. The minimum absolute atomic E-state index is 0. The van der Waals surface area contributed by atoms with E-state index in [-0.39, 0.29) is 114 Å².